The van der Waals surface area contributed by atoms with Crippen LogP contribution >= 0.6 is 0 Å². The highest BCUT2D eigenvalue weighted by atomic mass is 32.2. The Morgan fingerprint density at radius 2 is 1.97 bits per heavy atom. The Morgan fingerprint density at radius 3 is 2.63 bits per heavy atom. The second-order valence-corrected chi connectivity index (χ2v) is 8.60. The van der Waals surface area contributed by atoms with Crippen LogP contribution in [0.5, 0.6) is 0 Å². The number of nitrogens with two attached hydrogens (primary N) is 1. The third-order valence-electron chi connectivity index (χ3n) is 5.55. The highest BCUT2D eigenvalue weighted by molar-refractivity contribution is 7.84. The maximum atomic E-state index is 11.1. The molecule has 11 nitrogen and oxygen atoms in total. The Bertz CT molecular complexity index is 1200. The molecule has 0 amide bonds. The summed E-state index contributed by atoms with van der Waals surface area (Å²) in [7, 11) is -4.30. The number of ether oxygens (including phenoxy) is 1. The van der Waals surface area contributed by atoms with Crippen LogP contribution in [-0.4, -0.2) is 62.1 Å². The number of nitrogens with zero attached hydrogens (tertiary/aromatic N) is 4. The molecule has 5 rings (SSSR count). The average Bonchev–Trinajstić information content (AvgIpc) is 3.01. The predicted molar refractivity (Wildman–Crippen MR) is 102 cm³/mol. The maximum Gasteiger partial charge on any atom is 0.333 e. The van der Waals surface area contributed by atoms with E-state index in [1.54, 1.807) is 0 Å². The molecule has 12 heteroatoms. The lowest BCUT2D eigenvalue weighted by atomic mass is 10.1. The second kappa shape index (κ2) is 6.77. The number of aliphatic hydroxyl groups is 2. The molecular formula is C18H19N5O6S. The Hall–Kier alpha value is -2.48. The standard InChI is InChI=1S/C18H19N5O6S/c19-30(26,27)29-15-14-18(15,25)13(24)17(28-14)23-9-22-12-11(20-8-21-16(12)23)7-6-10-4-2-1-3-5-10/h1-5,8-9,13-15,17,24-25H,6-7H2,(H2,19,26,27)/t13-,14+,15?,17+,18-/m0/s1. The van der Waals surface area contributed by atoms with E-state index >= 15 is 0 Å². The summed E-state index contributed by atoms with van der Waals surface area (Å²) in [6.07, 6.45) is -0.497. The van der Waals surface area contributed by atoms with E-state index in [0.29, 0.717) is 17.6 Å². The van der Waals surface area contributed by atoms with E-state index in [1.165, 1.54) is 22.8 Å². The van der Waals surface area contributed by atoms with E-state index < -0.39 is 40.4 Å². The molecule has 2 fully saturated rings. The van der Waals surface area contributed by atoms with Crippen LogP contribution in [0.4, 0.5) is 0 Å². The minimum atomic E-state index is -4.30. The molecule has 1 aliphatic carbocycles. The van der Waals surface area contributed by atoms with Gasteiger partial charge in [-0.1, -0.05) is 30.3 Å². The van der Waals surface area contributed by atoms with E-state index in [2.05, 4.69) is 19.1 Å². The Balaban J connectivity index is 1.38. The summed E-state index contributed by atoms with van der Waals surface area (Å²) < 4.78 is 34.0. The first kappa shape index (κ1) is 19.5. The lowest BCUT2D eigenvalue weighted by Gasteiger charge is -2.23. The van der Waals surface area contributed by atoms with Crippen LogP contribution in [0.15, 0.2) is 43.0 Å². The van der Waals surface area contributed by atoms with Crippen molar-refractivity contribution in [3.8, 4) is 0 Å². The maximum absolute atomic E-state index is 11.1. The van der Waals surface area contributed by atoms with Gasteiger partial charge < -0.3 is 14.9 Å². The largest absolute Gasteiger partial charge is 0.385 e. The van der Waals surface area contributed by atoms with Crippen molar-refractivity contribution in [2.24, 2.45) is 5.14 Å². The summed E-state index contributed by atoms with van der Waals surface area (Å²) in [5.74, 6) is 0. The lowest BCUT2D eigenvalue weighted by Crippen LogP contribution is -2.38. The number of fused-ring (bicyclic) bond motifs is 2. The number of hydrogen-bond acceptors (Lipinski definition) is 9. The summed E-state index contributed by atoms with van der Waals surface area (Å²) >= 11 is 0. The zero-order chi connectivity index (χ0) is 21.1. The minimum Gasteiger partial charge on any atom is -0.385 e. The number of aliphatic hydroxyl groups excluding tert-OH is 1. The molecule has 1 unspecified atom stereocenters. The van der Waals surface area contributed by atoms with Crippen molar-refractivity contribution in [3.63, 3.8) is 0 Å². The molecule has 0 radical (unpaired) electrons. The van der Waals surface area contributed by atoms with E-state index in [0.717, 1.165) is 12.1 Å². The molecule has 1 aliphatic heterocycles. The third kappa shape index (κ3) is 3.09. The molecule has 0 spiro atoms. The van der Waals surface area contributed by atoms with Crippen LogP contribution < -0.4 is 5.14 Å². The highest BCUT2D eigenvalue weighted by Gasteiger charge is 2.79. The fourth-order valence-corrected chi connectivity index (χ4v) is 4.51. The van der Waals surface area contributed by atoms with Gasteiger partial charge in [-0.3, -0.25) is 4.57 Å². The molecule has 2 aromatic heterocycles. The number of aromatic nitrogens is 4. The predicted octanol–water partition coefficient (Wildman–Crippen LogP) is -0.797. The van der Waals surface area contributed by atoms with Crippen molar-refractivity contribution >= 4 is 21.5 Å². The molecule has 1 saturated carbocycles. The van der Waals surface area contributed by atoms with E-state index in [1.807, 2.05) is 30.3 Å². The zero-order valence-corrected chi connectivity index (χ0v) is 16.4. The molecule has 30 heavy (non-hydrogen) atoms. The Labute approximate surface area is 171 Å². The molecule has 5 atom stereocenters. The van der Waals surface area contributed by atoms with Gasteiger partial charge in [-0.25, -0.2) is 24.3 Å². The summed E-state index contributed by atoms with van der Waals surface area (Å²) in [6, 6.07) is 9.97. The van der Waals surface area contributed by atoms with Gasteiger partial charge >= 0.3 is 10.3 Å². The van der Waals surface area contributed by atoms with Crippen molar-refractivity contribution in [2.45, 2.75) is 43.0 Å². The molecular weight excluding hydrogens is 414 g/mol. The number of imidazole rings is 1. The Kier molecular flexibility index (Phi) is 4.39. The van der Waals surface area contributed by atoms with Crippen molar-refractivity contribution in [1.29, 1.82) is 0 Å². The Morgan fingerprint density at radius 1 is 1.20 bits per heavy atom. The van der Waals surface area contributed by atoms with Crippen molar-refractivity contribution in [2.75, 3.05) is 0 Å². The first-order valence-electron chi connectivity index (χ1n) is 9.26. The van der Waals surface area contributed by atoms with Gasteiger partial charge in [0.1, 0.15) is 30.2 Å². The summed E-state index contributed by atoms with van der Waals surface area (Å²) in [4.78, 5) is 12.9. The second-order valence-electron chi connectivity index (χ2n) is 7.42. The SMILES string of the molecule is NS(=O)(=O)OC1[C@H]2O[C@@H](n3cnc4c(CCc5ccccc5)ncnc43)[C@H](O)[C@@]12O. The van der Waals surface area contributed by atoms with Gasteiger partial charge in [0, 0.05) is 0 Å². The van der Waals surface area contributed by atoms with E-state index in [4.69, 9.17) is 9.88 Å². The first-order valence-corrected chi connectivity index (χ1v) is 10.7. The molecule has 3 heterocycles. The number of rotatable bonds is 6. The van der Waals surface area contributed by atoms with Crippen LogP contribution in [0.2, 0.25) is 0 Å². The number of aryl methyl sites for hydroxylation is 2. The first-order chi connectivity index (χ1) is 14.3. The summed E-state index contributed by atoms with van der Waals surface area (Å²) in [5, 5.41) is 26.0. The highest BCUT2D eigenvalue weighted by Crippen LogP contribution is 2.55. The van der Waals surface area contributed by atoms with Crippen LogP contribution in [-0.2, 0) is 32.1 Å². The fraction of sp³-hybridized carbons (Fsp3) is 0.389. The monoisotopic (exact) mass is 433 g/mol. The van der Waals surface area contributed by atoms with Gasteiger partial charge in [0.2, 0.25) is 0 Å². The lowest BCUT2D eigenvalue weighted by molar-refractivity contribution is -0.0888. The summed E-state index contributed by atoms with van der Waals surface area (Å²) in [6.45, 7) is 0. The van der Waals surface area contributed by atoms with Crippen molar-refractivity contribution < 1.29 is 27.6 Å². The number of benzene rings is 1. The molecule has 1 saturated heterocycles. The smallest absolute Gasteiger partial charge is 0.333 e. The topological polar surface area (TPSA) is 163 Å². The van der Waals surface area contributed by atoms with Gasteiger partial charge in [0.05, 0.1) is 12.0 Å². The van der Waals surface area contributed by atoms with Crippen LogP contribution in [0.1, 0.15) is 17.5 Å². The van der Waals surface area contributed by atoms with Gasteiger partial charge in [-0.05, 0) is 18.4 Å². The average molecular weight is 433 g/mol. The number of hydrogen-bond donors (Lipinski definition) is 3. The third-order valence-corrected chi connectivity index (χ3v) is 6.02. The van der Waals surface area contributed by atoms with Crippen LogP contribution in [0.3, 0.4) is 0 Å². The van der Waals surface area contributed by atoms with Crippen molar-refractivity contribution in [3.05, 3.63) is 54.2 Å². The zero-order valence-electron chi connectivity index (χ0n) is 15.6. The molecule has 158 valence electrons. The fourth-order valence-electron chi connectivity index (χ4n) is 3.97. The molecule has 2 aliphatic rings. The normalized spacial score (nSPS) is 30.5. The quantitative estimate of drug-likeness (QED) is 0.452. The van der Waals surface area contributed by atoms with Gasteiger partial charge in [-0.15, -0.1) is 0 Å². The molecule has 0 bridgehead atoms. The van der Waals surface area contributed by atoms with Gasteiger partial charge in [0.25, 0.3) is 0 Å². The van der Waals surface area contributed by atoms with E-state index in [-0.39, 0.29) is 0 Å². The minimum absolute atomic E-state index is 0.436. The van der Waals surface area contributed by atoms with Crippen molar-refractivity contribution in [1.82, 2.24) is 19.5 Å². The van der Waals surface area contributed by atoms with E-state index in [9.17, 15) is 18.6 Å². The van der Waals surface area contributed by atoms with Gasteiger partial charge in [-0.2, -0.15) is 8.42 Å². The van der Waals surface area contributed by atoms with Gasteiger partial charge in [0.15, 0.2) is 17.5 Å². The van der Waals surface area contributed by atoms with Crippen LogP contribution in [0.25, 0.3) is 11.2 Å². The molecule has 3 aromatic rings. The molecule has 1 aromatic carbocycles. The summed E-state index contributed by atoms with van der Waals surface area (Å²) in [5.41, 5.74) is 1.03. The van der Waals surface area contributed by atoms with Crippen LogP contribution in [0, 0.1) is 0 Å². The molecule has 4 N–H and O–H groups in total.